The van der Waals surface area contributed by atoms with Crippen molar-refractivity contribution in [1.29, 1.82) is 0 Å². The molecule has 1 heterocycles. The first kappa shape index (κ1) is 15.1. The number of likely N-dealkylation sites (tertiary alicyclic amines) is 1. The van der Waals surface area contributed by atoms with Crippen LogP contribution in [0.5, 0.6) is 5.75 Å². The molecule has 0 spiro atoms. The zero-order valence-corrected chi connectivity index (χ0v) is 11.9. The number of benzene rings is 1. The number of phenols is 1. The zero-order chi connectivity index (χ0) is 15.6. The Balaban J connectivity index is 2.19. The highest BCUT2D eigenvalue weighted by Crippen LogP contribution is 2.25. The summed E-state index contributed by atoms with van der Waals surface area (Å²) in [6, 6.07) is 4.88. The van der Waals surface area contributed by atoms with Gasteiger partial charge in [-0.25, -0.2) is 9.59 Å². The fourth-order valence-electron chi connectivity index (χ4n) is 2.42. The summed E-state index contributed by atoms with van der Waals surface area (Å²) in [4.78, 5) is 26.4. The number of ether oxygens (including phenoxy) is 1. The lowest BCUT2D eigenvalue weighted by molar-refractivity contribution is -0.141. The van der Waals surface area contributed by atoms with Crippen LogP contribution in [0.25, 0.3) is 0 Å². The summed E-state index contributed by atoms with van der Waals surface area (Å²) in [5.41, 5.74) is 0.491. The number of methoxy groups -OCH3 is 1. The van der Waals surface area contributed by atoms with Crippen LogP contribution in [-0.4, -0.2) is 60.0 Å². The number of nitrogens with zero attached hydrogens (tertiary/aromatic N) is 2. The summed E-state index contributed by atoms with van der Waals surface area (Å²) >= 11 is 0. The van der Waals surface area contributed by atoms with Crippen molar-refractivity contribution < 1.29 is 24.5 Å². The molecule has 0 radical (unpaired) electrons. The molecule has 1 aliphatic rings. The molecule has 1 saturated heterocycles. The first-order valence-corrected chi connectivity index (χ1v) is 6.53. The number of hydrogen-bond donors (Lipinski definition) is 2. The molecule has 0 aliphatic carbocycles. The second kappa shape index (κ2) is 6.01. The number of amides is 2. The topological polar surface area (TPSA) is 90.3 Å². The fraction of sp³-hybridized carbons (Fsp3) is 0.429. The normalized spacial score (nSPS) is 21.3. The van der Waals surface area contributed by atoms with Crippen LogP contribution < -0.4 is 4.90 Å². The van der Waals surface area contributed by atoms with E-state index in [9.17, 15) is 19.8 Å². The standard InChI is InChI=1S/C14H18N2O5/c1-15(9-4-3-5-10(17)6-9)14(20)16-8-11(21-2)7-12(16)13(18)19/h3-6,11-12,17H,7-8H2,1-2H3,(H,18,19). The maximum atomic E-state index is 12.5. The predicted octanol–water partition coefficient (Wildman–Crippen LogP) is 1.12. The summed E-state index contributed by atoms with van der Waals surface area (Å²) < 4.78 is 5.16. The minimum absolute atomic E-state index is 0.0399. The summed E-state index contributed by atoms with van der Waals surface area (Å²) in [7, 11) is 3.03. The monoisotopic (exact) mass is 294 g/mol. The molecule has 114 valence electrons. The Morgan fingerprint density at radius 3 is 2.71 bits per heavy atom. The Morgan fingerprint density at radius 1 is 1.43 bits per heavy atom. The molecule has 1 aromatic carbocycles. The van der Waals surface area contributed by atoms with Crippen LogP contribution in [0.15, 0.2) is 24.3 Å². The molecule has 0 aromatic heterocycles. The van der Waals surface area contributed by atoms with E-state index in [0.717, 1.165) is 0 Å². The van der Waals surface area contributed by atoms with E-state index in [1.807, 2.05) is 0 Å². The number of carboxylic acid groups (broad SMARTS) is 1. The number of carbonyl (C=O) groups is 2. The van der Waals surface area contributed by atoms with Gasteiger partial charge in [-0.2, -0.15) is 0 Å². The molecule has 0 saturated carbocycles. The lowest BCUT2D eigenvalue weighted by Gasteiger charge is -2.27. The number of rotatable bonds is 3. The quantitative estimate of drug-likeness (QED) is 0.872. The van der Waals surface area contributed by atoms with Crippen molar-refractivity contribution >= 4 is 17.7 Å². The number of carboxylic acids is 1. The third kappa shape index (κ3) is 3.08. The molecular formula is C14H18N2O5. The molecule has 21 heavy (non-hydrogen) atoms. The first-order valence-electron chi connectivity index (χ1n) is 6.53. The van der Waals surface area contributed by atoms with E-state index < -0.39 is 18.0 Å². The van der Waals surface area contributed by atoms with E-state index in [2.05, 4.69) is 0 Å². The van der Waals surface area contributed by atoms with Gasteiger partial charge in [-0.05, 0) is 12.1 Å². The fourth-order valence-corrected chi connectivity index (χ4v) is 2.42. The van der Waals surface area contributed by atoms with E-state index >= 15 is 0 Å². The van der Waals surface area contributed by atoms with Gasteiger partial charge >= 0.3 is 12.0 Å². The van der Waals surface area contributed by atoms with Crippen LogP contribution in [0.1, 0.15) is 6.42 Å². The van der Waals surface area contributed by atoms with Crippen LogP contribution >= 0.6 is 0 Å². The van der Waals surface area contributed by atoms with E-state index in [-0.39, 0.29) is 24.8 Å². The highest BCUT2D eigenvalue weighted by molar-refractivity contribution is 5.94. The molecule has 2 rings (SSSR count). The molecule has 1 aromatic rings. The van der Waals surface area contributed by atoms with Gasteiger partial charge in [0.2, 0.25) is 0 Å². The van der Waals surface area contributed by atoms with E-state index in [0.29, 0.717) is 5.69 Å². The summed E-state index contributed by atoms with van der Waals surface area (Å²) in [6.45, 7) is 0.232. The maximum absolute atomic E-state index is 12.5. The van der Waals surface area contributed by atoms with E-state index in [4.69, 9.17) is 4.74 Å². The smallest absolute Gasteiger partial charge is 0.326 e. The van der Waals surface area contributed by atoms with Crippen molar-refractivity contribution in [2.75, 3.05) is 25.6 Å². The first-order chi connectivity index (χ1) is 9.93. The van der Waals surface area contributed by atoms with Crippen LogP contribution in [0.3, 0.4) is 0 Å². The molecule has 7 heteroatoms. The molecule has 1 fully saturated rings. The van der Waals surface area contributed by atoms with Crippen molar-refractivity contribution in [3.8, 4) is 5.75 Å². The number of phenolic OH excluding ortho intramolecular Hbond substituents is 1. The van der Waals surface area contributed by atoms with Crippen LogP contribution in [-0.2, 0) is 9.53 Å². The molecule has 2 unspecified atom stereocenters. The van der Waals surface area contributed by atoms with Crippen molar-refractivity contribution in [2.24, 2.45) is 0 Å². The van der Waals surface area contributed by atoms with Gasteiger partial charge in [0.1, 0.15) is 11.8 Å². The summed E-state index contributed by atoms with van der Waals surface area (Å²) in [5, 5.41) is 18.7. The SMILES string of the molecule is COC1CC(C(=O)O)N(C(=O)N(C)c2cccc(O)c2)C1. The second-order valence-corrected chi connectivity index (χ2v) is 4.96. The van der Waals surface area contributed by atoms with E-state index in [1.54, 1.807) is 12.1 Å². The highest BCUT2D eigenvalue weighted by atomic mass is 16.5. The Hall–Kier alpha value is -2.28. The molecular weight excluding hydrogens is 276 g/mol. The van der Waals surface area contributed by atoms with E-state index in [1.165, 1.54) is 36.1 Å². The van der Waals surface area contributed by atoms with Gasteiger partial charge in [-0.1, -0.05) is 6.07 Å². The zero-order valence-electron chi connectivity index (χ0n) is 11.9. The molecule has 0 bridgehead atoms. The lowest BCUT2D eigenvalue weighted by Crippen LogP contribution is -2.47. The number of aromatic hydroxyl groups is 1. The Kier molecular flexibility index (Phi) is 4.32. The molecule has 1 aliphatic heterocycles. The van der Waals surface area contributed by atoms with Crippen molar-refractivity contribution in [3.05, 3.63) is 24.3 Å². The minimum atomic E-state index is -1.05. The van der Waals surface area contributed by atoms with Gasteiger partial charge < -0.3 is 19.8 Å². The number of carbonyl (C=O) groups excluding carboxylic acids is 1. The average Bonchev–Trinajstić information content (AvgIpc) is 2.90. The Labute approximate surface area is 122 Å². The summed E-state index contributed by atoms with van der Waals surface area (Å²) in [6.07, 6.45) is -0.0153. The van der Waals surface area contributed by atoms with Crippen LogP contribution in [0, 0.1) is 0 Å². The van der Waals surface area contributed by atoms with Crippen LogP contribution in [0.2, 0.25) is 0 Å². The van der Waals surface area contributed by atoms with Crippen molar-refractivity contribution in [3.63, 3.8) is 0 Å². The third-order valence-corrected chi connectivity index (χ3v) is 3.63. The molecule has 7 nitrogen and oxygen atoms in total. The van der Waals surface area contributed by atoms with Crippen LogP contribution in [0.4, 0.5) is 10.5 Å². The van der Waals surface area contributed by atoms with Crippen molar-refractivity contribution in [1.82, 2.24) is 4.90 Å². The molecule has 2 N–H and O–H groups in total. The average molecular weight is 294 g/mol. The lowest BCUT2D eigenvalue weighted by atomic mass is 10.2. The van der Waals surface area contributed by atoms with Gasteiger partial charge in [0.25, 0.3) is 0 Å². The Morgan fingerprint density at radius 2 is 2.14 bits per heavy atom. The van der Waals surface area contributed by atoms with Gasteiger partial charge in [-0.15, -0.1) is 0 Å². The molecule has 2 atom stereocenters. The third-order valence-electron chi connectivity index (χ3n) is 3.63. The van der Waals surface area contributed by atoms with Gasteiger partial charge in [0, 0.05) is 38.9 Å². The maximum Gasteiger partial charge on any atom is 0.326 e. The number of aliphatic carboxylic acids is 1. The summed E-state index contributed by atoms with van der Waals surface area (Å²) in [5.74, 6) is -1.01. The minimum Gasteiger partial charge on any atom is -0.508 e. The number of urea groups is 1. The van der Waals surface area contributed by atoms with Gasteiger partial charge in [0.15, 0.2) is 0 Å². The van der Waals surface area contributed by atoms with Gasteiger partial charge in [-0.3, -0.25) is 4.90 Å². The molecule has 2 amide bonds. The largest absolute Gasteiger partial charge is 0.508 e. The highest BCUT2D eigenvalue weighted by Gasteiger charge is 2.41. The number of hydrogen-bond acceptors (Lipinski definition) is 4. The number of anilines is 1. The second-order valence-electron chi connectivity index (χ2n) is 4.96. The predicted molar refractivity (Wildman–Crippen MR) is 75.4 cm³/mol. The van der Waals surface area contributed by atoms with Gasteiger partial charge in [0.05, 0.1) is 6.10 Å². The Bertz CT molecular complexity index is 548. The van der Waals surface area contributed by atoms with Crippen molar-refractivity contribution in [2.45, 2.75) is 18.6 Å².